The Labute approximate surface area is 285 Å². The molecule has 3 fully saturated rings. The number of benzene rings is 4. The first-order chi connectivity index (χ1) is 23.1. The van der Waals surface area contributed by atoms with Gasteiger partial charge < -0.3 is 9.31 Å². The summed E-state index contributed by atoms with van der Waals surface area (Å²) in [6.07, 6.45) is 6.81. The van der Waals surface area contributed by atoms with Crippen molar-refractivity contribution in [3.8, 4) is 45.3 Å². The number of fused-ring (bicyclic) bond motifs is 2. The molecule has 3 atom stereocenters. The van der Waals surface area contributed by atoms with Crippen LogP contribution in [0.2, 0.25) is 0 Å². The molecule has 1 saturated heterocycles. The fraction of sp³-hybridized carbons (Fsp3) is 0.357. The van der Waals surface area contributed by atoms with Crippen LogP contribution < -0.4 is 5.46 Å². The molecular formula is C42H44BN3O2. The van der Waals surface area contributed by atoms with E-state index in [0.717, 1.165) is 45.1 Å². The van der Waals surface area contributed by atoms with Crippen LogP contribution in [-0.4, -0.2) is 33.3 Å². The first-order valence-electron chi connectivity index (χ1n) is 17.5. The maximum atomic E-state index is 6.31. The van der Waals surface area contributed by atoms with Gasteiger partial charge in [-0.05, 0) is 92.4 Å². The topological polar surface area (TPSA) is 57.1 Å². The maximum absolute atomic E-state index is 6.31. The molecule has 2 heterocycles. The highest BCUT2D eigenvalue weighted by atomic mass is 16.7. The third-order valence-corrected chi connectivity index (χ3v) is 11.5. The number of hydrogen-bond donors (Lipinski definition) is 0. The lowest BCUT2D eigenvalue weighted by Crippen LogP contribution is -2.41. The van der Waals surface area contributed by atoms with Gasteiger partial charge in [-0.3, -0.25) is 0 Å². The first-order valence-corrected chi connectivity index (χ1v) is 17.5. The average Bonchev–Trinajstić information content (AvgIpc) is 3.57. The van der Waals surface area contributed by atoms with Crippen LogP contribution in [0.25, 0.3) is 45.3 Å². The molecule has 2 aliphatic carbocycles. The van der Waals surface area contributed by atoms with Crippen LogP contribution in [0.1, 0.15) is 72.3 Å². The van der Waals surface area contributed by atoms with Crippen LogP contribution >= 0.6 is 0 Å². The van der Waals surface area contributed by atoms with Gasteiger partial charge in [-0.2, -0.15) is 0 Å². The molecule has 5 nitrogen and oxygen atoms in total. The summed E-state index contributed by atoms with van der Waals surface area (Å²) in [6, 6.07) is 36.2. The van der Waals surface area contributed by atoms with Gasteiger partial charge in [0.05, 0.1) is 11.2 Å². The van der Waals surface area contributed by atoms with Crippen LogP contribution in [0.4, 0.5) is 0 Å². The molecule has 0 amide bonds. The molecule has 5 aromatic rings. The van der Waals surface area contributed by atoms with Gasteiger partial charge in [0.1, 0.15) is 0 Å². The molecule has 0 N–H and O–H groups in total. The molecule has 2 bridgehead atoms. The molecule has 0 spiro atoms. The Bertz CT molecular complexity index is 1910. The minimum absolute atomic E-state index is 0.245. The summed E-state index contributed by atoms with van der Waals surface area (Å²) in [6.45, 7) is 10.8. The molecule has 242 valence electrons. The summed E-state index contributed by atoms with van der Waals surface area (Å²) < 4.78 is 12.6. The third-order valence-electron chi connectivity index (χ3n) is 11.5. The van der Waals surface area contributed by atoms with Crippen LogP contribution in [0, 0.1) is 11.8 Å². The van der Waals surface area contributed by atoms with E-state index >= 15 is 0 Å². The highest BCUT2D eigenvalue weighted by Crippen LogP contribution is 2.51. The molecule has 1 unspecified atom stereocenters. The van der Waals surface area contributed by atoms with Gasteiger partial charge >= 0.3 is 7.12 Å². The van der Waals surface area contributed by atoms with Crippen molar-refractivity contribution in [1.29, 1.82) is 0 Å². The van der Waals surface area contributed by atoms with E-state index in [0.29, 0.717) is 17.5 Å². The van der Waals surface area contributed by atoms with Crippen molar-refractivity contribution in [2.75, 3.05) is 0 Å². The van der Waals surface area contributed by atoms with E-state index in [9.17, 15) is 0 Å². The second-order valence-corrected chi connectivity index (χ2v) is 15.6. The minimum atomic E-state index is -0.422. The first kappa shape index (κ1) is 31.2. The molecule has 1 aliphatic heterocycles. The lowest BCUT2D eigenvalue weighted by Gasteiger charge is -2.38. The third kappa shape index (κ3) is 5.80. The van der Waals surface area contributed by atoms with Gasteiger partial charge in [0.25, 0.3) is 0 Å². The molecule has 3 aliphatic rings. The fourth-order valence-corrected chi connectivity index (χ4v) is 8.16. The molecule has 0 radical (unpaired) electrons. The van der Waals surface area contributed by atoms with Crippen molar-refractivity contribution >= 4 is 12.6 Å². The summed E-state index contributed by atoms with van der Waals surface area (Å²) in [5.74, 6) is 3.73. The highest BCUT2D eigenvalue weighted by molar-refractivity contribution is 6.62. The number of nitrogens with zero attached hydrogens (tertiary/aromatic N) is 3. The SMILES string of the molecule is CC1(c2ccc(-c3nc(-c4ccc(B5OC(C)(C)C(C)(C)O5)cc4)nc(-c4cccc(-c5ccccc5)c4)n3)cc2)C[C@@H]2CC[C@@H](C2)C1. The summed E-state index contributed by atoms with van der Waals surface area (Å²) in [4.78, 5) is 15.2. The molecular weight excluding hydrogens is 589 g/mol. The summed E-state index contributed by atoms with van der Waals surface area (Å²) in [7, 11) is -0.422. The van der Waals surface area contributed by atoms with Gasteiger partial charge in [0.15, 0.2) is 17.5 Å². The van der Waals surface area contributed by atoms with Gasteiger partial charge in [0, 0.05) is 16.7 Å². The second-order valence-electron chi connectivity index (χ2n) is 15.6. The van der Waals surface area contributed by atoms with E-state index in [4.69, 9.17) is 24.3 Å². The Kier molecular flexibility index (Phi) is 7.65. The Morgan fingerprint density at radius 2 is 1.04 bits per heavy atom. The maximum Gasteiger partial charge on any atom is 0.494 e. The zero-order valence-electron chi connectivity index (χ0n) is 28.7. The normalized spacial score (nSPS) is 24.1. The smallest absolute Gasteiger partial charge is 0.399 e. The molecule has 4 aromatic carbocycles. The standard InChI is InChI=1S/C42H44BN3O2/c1-40(2)41(3,4)48-43(47-40)36-22-18-32(19-23-36)38-44-37(31-16-20-35(21-17-31)42(5)26-28-14-15-29(24-28)27-42)45-39(46-38)34-13-9-12-33(25-34)30-10-7-6-8-11-30/h6-13,16-23,25,28-29H,14-15,24,26-27H2,1-5H3/t28-,29+,42?. The lowest BCUT2D eigenvalue weighted by molar-refractivity contribution is 0.00578. The van der Waals surface area contributed by atoms with Gasteiger partial charge in [-0.15, -0.1) is 0 Å². The van der Waals surface area contributed by atoms with Crippen LogP contribution in [0.5, 0.6) is 0 Å². The van der Waals surface area contributed by atoms with E-state index in [2.05, 4.69) is 132 Å². The number of rotatable bonds is 6. The Hall–Kier alpha value is -4.13. The van der Waals surface area contributed by atoms with Gasteiger partial charge in [-0.25, -0.2) is 15.0 Å². The quantitative estimate of drug-likeness (QED) is 0.175. The van der Waals surface area contributed by atoms with Crippen molar-refractivity contribution in [3.05, 3.63) is 109 Å². The van der Waals surface area contributed by atoms with Crippen LogP contribution in [0.15, 0.2) is 103 Å². The minimum Gasteiger partial charge on any atom is -0.399 e. The van der Waals surface area contributed by atoms with E-state index in [1.165, 1.54) is 37.7 Å². The predicted octanol–water partition coefficient (Wildman–Crippen LogP) is 9.31. The fourth-order valence-electron chi connectivity index (χ4n) is 8.16. The van der Waals surface area contributed by atoms with E-state index < -0.39 is 18.3 Å². The number of hydrogen-bond acceptors (Lipinski definition) is 5. The predicted molar refractivity (Wildman–Crippen MR) is 195 cm³/mol. The summed E-state index contributed by atoms with van der Waals surface area (Å²) >= 11 is 0. The van der Waals surface area contributed by atoms with E-state index in [1.54, 1.807) is 0 Å². The summed E-state index contributed by atoms with van der Waals surface area (Å²) in [5.41, 5.74) is 7.02. The zero-order chi connectivity index (χ0) is 33.1. The Morgan fingerprint density at radius 1 is 0.542 bits per heavy atom. The molecule has 6 heteroatoms. The lowest BCUT2D eigenvalue weighted by atomic mass is 9.66. The van der Waals surface area contributed by atoms with Gasteiger partial charge in [-0.1, -0.05) is 117 Å². The molecule has 48 heavy (non-hydrogen) atoms. The van der Waals surface area contributed by atoms with Crippen molar-refractivity contribution in [3.63, 3.8) is 0 Å². The Balaban J connectivity index is 1.16. The average molecular weight is 634 g/mol. The number of aromatic nitrogens is 3. The molecule has 8 rings (SSSR count). The van der Waals surface area contributed by atoms with Crippen LogP contribution in [-0.2, 0) is 14.7 Å². The molecule has 1 aromatic heterocycles. The van der Waals surface area contributed by atoms with E-state index in [1.807, 2.05) is 6.07 Å². The summed E-state index contributed by atoms with van der Waals surface area (Å²) in [5, 5.41) is 0. The molecule has 2 saturated carbocycles. The van der Waals surface area contributed by atoms with Crippen LogP contribution in [0.3, 0.4) is 0 Å². The van der Waals surface area contributed by atoms with Gasteiger partial charge in [0.2, 0.25) is 0 Å². The largest absolute Gasteiger partial charge is 0.494 e. The van der Waals surface area contributed by atoms with Crippen molar-refractivity contribution in [2.24, 2.45) is 11.8 Å². The van der Waals surface area contributed by atoms with Crippen molar-refractivity contribution in [1.82, 2.24) is 15.0 Å². The zero-order valence-corrected chi connectivity index (χ0v) is 28.7. The van der Waals surface area contributed by atoms with E-state index in [-0.39, 0.29) is 5.41 Å². The van der Waals surface area contributed by atoms with Crippen molar-refractivity contribution < 1.29 is 9.31 Å². The monoisotopic (exact) mass is 633 g/mol. The Morgan fingerprint density at radius 3 is 1.62 bits per heavy atom. The van der Waals surface area contributed by atoms with Crippen molar-refractivity contribution in [2.45, 2.75) is 83.3 Å². The second kappa shape index (κ2) is 11.8. The highest BCUT2D eigenvalue weighted by Gasteiger charge is 2.51.